The molecule has 19 heavy (non-hydrogen) atoms. The van der Waals surface area contributed by atoms with Gasteiger partial charge in [0.1, 0.15) is 4.90 Å². The van der Waals surface area contributed by atoms with Gasteiger partial charge in [0.05, 0.1) is 6.04 Å². The van der Waals surface area contributed by atoms with Crippen LogP contribution in [0.4, 0.5) is 0 Å². The predicted octanol–water partition coefficient (Wildman–Crippen LogP) is 1.60. The van der Waals surface area contributed by atoms with Crippen LogP contribution in [0.3, 0.4) is 0 Å². The van der Waals surface area contributed by atoms with Crippen molar-refractivity contribution in [2.75, 3.05) is 6.54 Å². The molecule has 0 aromatic carbocycles. The Morgan fingerprint density at radius 3 is 2.89 bits per heavy atom. The molecular weight excluding hydrogens is 264 g/mol. The summed E-state index contributed by atoms with van der Waals surface area (Å²) in [5.74, 6) is -0.00725. The van der Waals surface area contributed by atoms with E-state index in [4.69, 9.17) is 0 Å². The van der Waals surface area contributed by atoms with Crippen molar-refractivity contribution in [3.8, 4) is 0 Å². The molecule has 1 aromatic rings. The predicted molar refractivity (Wildman–Crippen MR) is 71.1 cm³/mol. The van der Waals surface area contributed by atoms with Gasteiger partial charge >= 0.3 is 0 Å². The molecule has 2 rings (SSSR count). The third-order valence-electron chi connectivity index (χ3n) is 3.41. The van der Waals surface area contributed by atoms with E-state index in [1.54, 1.807) is 13.0 Å². The van der Waals surface area contributed by atoms with Gasteiger partial charge in [-0.05, 0) is 25.0 Å². The minimum absolute atomic E-state index is 0.00725. The summed E-state index contributed by atoms with van der Waals surface area (Å²) >= 11 is 0. The number of carbonyl (C=O) groups excluding carboxylic acids is 1. The molecule has 0 amide bonds. The molecule has 0 radical (unpaired) electrons. The number of nitrogens with zero attached hydrogens (tertiary/aromatic N) is 2. The first-order chi connectivity index (χ1) is 9.07. The molecule has 104 valence electrons. The molecule has 1 aromatic heterocycles. The number of rotatable bonds is 4. The normalized spacial score (nSPS) is 21.2. The molecule has 1 unspecified atom stereocenters. The van der Waals surface area contributed by atoms with Crippen LogP contribution in [0.2, 0.25) is 0 Å². The van der Waals surface area contributed by atoms with Gasteiger partial charge in [-0.15, -0.1) is 0 Å². The highest BCUT2D eigenvalue weighted by molar-refractivity contribution is 7.89. The van der Waals surface area contributed by atoms with Gasteiger partial charge in [0.25, 0.3) is 0 Å². The standard InChI is InChI=1S/C13H18N2O3S/c1-2-13(16)12-7-3-4-9-15(12)19(17,18)11-6-5-8-14-10-11/h5-6,8,10,12H,2-4,7,9H2,1H3. The Morgan fingerprint density at radius 1 is 1.47 bits per heavy atom. The van der Waals surface area contributed by atoms with Crippen LogP contribution in [-0.4, -0.2) is 36.1 Å². The van der Waals surface area contributed by atoms with E-state index >= 15 is 0 Å². The quantitative estimate of drug-likeness (QED) is 0.841. The van der Waals surface area contributed by atoms with Crippen molar-refractivity contribution in [3.05, 3.63) is 24.5 Å². The summed E-state index contributed by atoms with van der Waals surface area (Å²) in [5.41, 5.74) is 0. The van der Waals surface area contributed by atoms with E-state index in [-0.39, 0.29) is 10.7 Å². The van der Waals surface area contributed by atoms with E-state index in [1.807, 2.05) is 0 Å². The number of ketones is 1. The van der Waals surface area contributed by atoms with Crippen LogP contribution in [0, 0.1) is 0 Å². The Labute approximate surface area is 113 Å². The number of aromatic nitrogens is 1. The van der Waals surface area contributed by atoms with Gasteiger partial charge in [0.15, 0.2) is 5.78 Å². The third-order valence-corrected chi connectivity index (χ3v) is 5.31. The maximum Gasteiger partial charge on any atom is 0.245 e. The van der Waals surface area contributed by atoms with Crippen molar-refractivity contribution in [3.63, 3.8) is 0 Å². The largest absolute Gasteiger partial charge is 0.298 e. The zero-order valence-electron chi connectivity index (χ0n) is 10.9. The molecule has 1 saturated heterocycles. The molecule has 1 aliphatic heterocycles. The Hall–Kier alpha value is -1.27. The summed E-state index contributed by atoms with van der Waals surface area (Å²) in [7, 11) is -3.62. The highest BCUT2D eigenvalue weighted by Crippen LogP contribution is 2.25. The van der Waals surface area contributed by atoms with Gasteiger partial charge in [-0.2, -0.15) is 4.31 Å². The SMILES string of the molecule is CCC(=O)C1CCCCN1S(=O)(=O)c1cccnc1. The summed E-state index contributed by atoms with van der Waals surface area (Å²) in [4.78, 5) is 15.9. The van der Waals surface area contributed by atoms with E-state index in [0.717, 1.165) is 12.8 Å². The van der Waals surface area contributed by atoms with Crippen LogP contribution >= 0.6 is 0 Å². The topological polar surface area (TPSA) is 67.3 Å². The molecule has 0 aliphatic carbocycles. The fourth-order valence-corrected chi connectivity index (χ4v) is 4.03. The summed E-state index contributed by atoms with van der Waals surface area (Å²) in [6.07, 6.45) is 5.54. The van der Waals surface area contributed by atoms with Crippen molar-refractivity contribution in [1.82, 2.24) is 9.29 Å². The maximum absolute atomic E-state index is 12.6. The van der Waals surface area contributed by atoms with E-state index in [9.17, 15) is 13.2 Å². The van der Waals surface area contributed by atoms with Crippen LogP contribution in [0.1, 0.15) is 32.6 Å². The monoisotopic (exact) mass is 282 g/mol. The lowest BCUT2D eigenvalue weighted by molar-refractivity contribution is -0.123. The maximum atomic E-state index is 12.6. The number of carbonyl (C=O) groups is 1. The molecule has 1 atom stereocenters. The molecular formula is C13H18N2O3S. The molecule has 0 spiro atoms. The summed E-state index contributed by atoms with van der Waals surface area (Å²) in [6.45, 7) is 2.18. The second-order valence-corrected chi connectivity index (χ2v) is 6.53. The summed E-state index contributed by atoms with van der Waals surface area (Å²) < 4.78 is 26.5. The molecule has 0 N–H and O–H groups in total. The fraction of sp³-hybridized carbons (Fsp3) is 0.538. The highest BCUT2D eigenvalue weighted by Gasteiger charge is 2.36. The Bertz CT molecular complexity index is 542. The molecule has 1 fully saturated rings. The molecule has 0 saturated carbocycles. The first-order valence-electron chi connectivity index (χ1n) is 6.52. The lowest BCUT2D eigenvalue weighted by Crippen LogP contribution is -2.47. The zero-order valence-corrected chi connectivity index (χ0v) is 11.8. The smallest absolute Gasteiger partial charge is 0.245 e. The number of piperidine rings is 1. The molecule has 2 heterocycles. The van der Waals surface area contributed by atoms with Crippen LogP contribution in [-0.2, 0) is 14.8 Å². The fourth-order valence-electron chi connectivity index (χ4n) is 2.39. The number of Topliss-reactive ketones (excluding diaryl/α,β-unsaturated/α-hetero) is 1. The second kappa shape index (κ2) is 5.79. The Balaban J connectivity index is 2.35. The Morgan fingerprint density at radius 2 is 2.26 bits per heavy atom. The number of hydrogen-bond acceptors (Lipinski definition) is 4. The molecule has 6 heteroatoms. The molecule has 0 bridgehead atoms. The van der Waals surface area contributed by atoms with E-state index in [0.29, 0.717) is 19.4 Å². The van der Waals surface area contributed by atoms with Crippen molar-refractivity contribution in [2.24, 2.45) is 0 Å². The number of sulfonamides is 1. The van der Waals surface area contributed by atoms with Crippen molar-refractivity contribution >= 4 is 15.8 Å². The van der Waals surface area contributed by atoms with Crippen LogP contribution in [0.15, 0.2) is 29.4 Å². The van der Waals surface area contributed by atoms with Gasteiger partial charge in [0.2, 0.25) is 10.0 Å². The van der Waals surface area contributed by atoms with Crippen LogP contribution in [0.25, 0.3) is 0 Å². The minimum atomic E-state index is -3.62. The van der Waals surface area contributed by atoms with Gasteiger partial charge in [-0.1, -0.05) is 13.3 Å². The van der Waals surface area contributed by atoms with E-state index < -0.39 is 16.1 Å². The van der Waals surface area contributed by atoms with Crippen LogP contribution in [0.5, 0.6) is 0 Å². The van der Waals surface area contributed by atoms with Gasteiger partial charge < -0.3 is 0 Å². The molecule has 5 nitrogen and oxygen atoms in total. The van der Waals surface area contributed by atoms with E-state index in [1.165, 1.54) is 22.8 Å². The summed E-state index contributed by atoms with van der Waals surface area (Å²) in [6, 6.07) is 2.60. The van der Waals surface area contributed by atoms with Crippen molar-refractivity contribution < 1.29 is 13.2 Å². The molecule has 1 aliphatic rings. The lowest BCUT2D eigenvalue weighted by Gasteiger charge is -2.33. The van der Waals surface area contributed by atoms with E-state index in [2.05, 4.69) is 4.98 Å². The van der Waals surface area contributed by atoms with Gasteiger partial charge in [-0.25, -0.2) is 8.42 Å². The minimum Gasteiger partial charge on any atom is -0.298 e. The zero-order chi connectivity index (χ0) is 13.9. The Kier molecular flexibility index (Phi) is 4.31. The number of hydrogen-bond donors (Lipinski definition) is 0. The second-order valence-electron chi connectivity index (χ2n) is 4.64. The van der Waals surface area contributed by atoms with Gasteiger partial charge in [-0.3, -0.25) is 9.78 Å². The third kappa shape index (κ3) is 2.84. The van der Waals surface area contributed by atoms with Crippen LogP contribution < -0.4 is 0 Å². The summed E-state index contributed by atoms with van der Waals surface area (Å²) in [5, 5.41) is 0. The van der Waals surface area contributed by atoms with Crippen molar-refractivity contribution in [2.45, 2.75) is 43.5 Å². The first kappa shape index (κ1) is 14.1. The average molecular weight is 282 g/mol. The average Bonchev–Trinajstić information content (AvgIpc) is 2.47. The highest BCUT2D eigenvalue weighted by atomic mass is 32.2. The van der Waals surface area contributed by atoms with Gasteiger partial charge in [0, 0.05) is 25.4 Å². The lowest BCUT2D eigenvalue weighted by atomic mass is 10.00. The first-order valence-corrected chi connectivity index (χ1v) is 7.96. The van der Waals surface area contributed by atoms with Crippen molar-refractivity contribution in [1.29, 1.82) is 0 Å². The number of pyridine rings is 1.